The minimum Gasteiger partial charge on any atom is -0.316 e. The largest absolute Gasteiger partial charge is 0.316 e. The number of hydroxylamine groups is 1. The fourth-order valence-electron chi connectivity index (χ4n) is 1.99. The van der Waals surface area contributed by atoms with Crippen LogP contribution in [0.4, 0.5) is 0 Å². The van der Waals surface area contributed by atoms with Crippen LogP contribution in [0.3, 0.4) is 0 Å². The Morgan fingerprint density at radius 2 is 1.32 bits per heavy atom. The van der Waals surface area contributed by atoms with Crippen molar-refractivity contribution in [2.45, 2.75) is 91.9 Å². The molecule has 25 heavy (non-hydrogen) atoms. The zero-order valence-electron chi connectivity index (χ0n) is 18.1. The Kier molecular flexibility index (Phi) is 8.72. The molecule has 2 atom stereocenters. The molecule has 0 heterocycles. The molecule has 0 radical (unpaired) electrons. The van der Waals surface area contributed by atoms with Gasteiger partial charge in [0.05, 0.1) is 5.54 Å². The van der Waals surface area contributed by atoms with Crippen molar-refractivity contribution in [1.82, 2.24) is 21.4 Å². The van der Waals surface area contributed by atoms with Crippen LogP contribution < -0.4 is 21.4 Å². The lowest BCUT2D eigenvalue weighted by molar-refractivity contribution is 0.0843. The third-order valence-corrected chi connectivity index (χ3v) is 5.19. The lowest BCUT2D eigenvalue weighted by Crippen LogP contribution is -2.60. The lowest BCUT2D eigenvalue weighted by atomic mass is 9.85. The standard InChI is InChI=1S/C19H43N5O/c1-14(20)17(6,7)22-12-19(10,11-21-16(3,4)5)13-23-18(8,9)15(2)24-25/h15,20-25H,11-13H2,1-10H3. The summed E-state index contributed by atoms with van der Waals surface area (Å²) in [7, 11) is 0. The van der Waals surface area contributed by atoms with Gasteiger partial charge in [-0.25, -0.2) is 5.48 Å². The summed E-state index contributed by atoms with van der Waals surface area (Å²) < 4.78 is 0. The summed E-state index contributed by atoms with van der Waals surface area (Å²) in [6, 6.07) is -0.0689. The number of hydrogen-bond acceptors (Lipinski definition) is 6. The molecule has 0 aromatic rings. The van der Waals surface area contributed by atoms with Crippen molar-refractivity contribution in [3.05, 3.63) is 0 Å². The molecule has 0 rings (SSSR count). The van der Waals surface area contributed by atoms with E-state index in [-0.39, 0.29) is 28.1 Å². The van der Waals surface area contributed by atoms with Crippen LogP contribution in [0.2, 0.25) is 0 Å². The monoisotopic (exact) mass is 357 g/mol. The first-order valence-electron chi connectivity index (χ1n) is 9.25. The van der Waals surface area contributed by atoms with Crippen LogP contribution in [0.5, 0.6) is 0 Å². The summed E-state index contributed by atoms with van der Waals surface area (Å²) in [4.78, 5) is 0. The van der Waals surface area contributed by atoms with Gasteiger partial charge in [0.1, 0.15) is 0 Å². The predicted molar refractivity (Wildman–Crippen MR) is 108 cm³/mol. The SMILES string of the molecule is CC(=N)C(C)(C)NCC(C)(CNC(C)(C)C)CNC(C)(C)C(C)NO. The Labute approximate surface area is 155 Å². The van der Waals surface area contributed by atoms with Crippen molar-refractivity contribution >= 4 is 5.71 Å². The van der Waals surface area contributed by atoms with E-state index in [1.165, 1.54) is 0 Å². The van der Waals surface area contributed by atoms with E-state index >= 15 is 0 Å². The molecule has 0 aromatic carbocycles. The predicted octanol–water partition coefficient (Wildman–Crippen LogP) is 2.52. The second-order valence-corrected chi connectivity index (χ2v) is 9.94. The van der Waals surface area contributed by atoms with Crippen LogP contribution in [0, 0.1) is 10.8 Å². The van der Waals surface area contributed by atoms with Crippen LogP contribution in [0.1, 0.15) is 69.2 Å². The zero-order valence-corrected chi connectivity index (χ0v) is 18.1. The van der Waals surface area contributed by atoms with Gasteiger partial charge in [-0.3, -0.25) is 0 Å². The van der Waals surface area contributed by atoms with Gasteiger partial charge in [-0.2, -0.15) is 0 Å². The molecule has 0 aromatic heterocycles. The van der Waals surface area contributed by atoms with Gasteiger partial charge < -0.3 is 26.6 Å². The first-order valence-corrected chi connectivity index (χ1v) is 9.25. The Balaban J connectivity index is 5.10. The normalized spacial score (nSPS) is 17.2. The number of rotatable bonds is 11. The molecule has 6 N–H and O–H groups in total. The number of hydrogen-bond donors (Lipinski definition) is 6. The van der Waals surface area contributed by atoms with Gasteiger partial charge in [0, 0.05) is 47.9 Å². The van der Waals surface area contributed by atoms with Gasteiger partial charge in [0.25, 0.3) is 0 Å². The van der Waals surface area contributed by atoms with E-state index in [9.17, 15) is 5.21 Å². The Morgan fingerprint density at radius 1 is 0.880 bits per heavy atom. The molecule has 0 aliphatic rings. The van der Waals surface area contributed by atoms with Crippen LogP contribution in [0.15, 0.2) is 0 Å². The molecule has 0 bridgehead atoms. The average molecular weight is 358 g/mol. The van der Waals surface area contributed by atoms with Crippen LogP contribution in [-0.4, -0.2) is 53.2 Å². The highest BCUT2D eigenvalue weighted by Crippen LogP contribution is 2.19. The van der Waals surface area contributed by atoms with E-state index < -0.39 is 0 Å². The molecular formula is C19H43N5O. The lowest BCUT2D eigenvalue weighted by Gasteiger charge is -2.41. The van der Waals surface area contributed by atoms with Gasteiger partial charge in [-0.15, -0.1) is 0 Å². The highest BCUT2D eigenvalue weighted by atomic mass is 16.5. The number of nitrogens with one attached hydrogen (secondary N) is 5. The van der Waals surface area contributed by atoms with Gasteiger partial charge in [0.2, 0.25) is 0 Å². The first-order chi connectivity index (χ1) is 11.0. The second-order valence-electron chi connectivity index (χ2n) is 9.94. The maximum Gasteiger partial charge on any atom is 0.0502 e. The molecule has 0 amide bonds. The van der Waals surface area contributed by atoms with Crippen LogP contribution in [0.25, 0.3) is 0 Å². The summed E-state index contributed by atoms with van der Waals surface area (Å²) in [5, 5.41) is 28.0. The van der Waals surface area contributed by atoms with E-state index in [0.29, 0.717) is 5.71 Å². The highest BCUT2D eigenvalue weighted by molar-refractivity contribution is 5.87. The third-order valence-electron chi connectivity index (χ3n) is 5.19. The second kappa shape index (κ2) is 8.91. The van der Waals surface area contributed by atoms with Gasteiger partial charge >= 0.3 is 0 Å². The Hall–Kier alpha value is -0.530. The molecule has 2 unspecified atom stereocenters. The Morgan fingerprint density at radius 3 is 1.72 bits per heavy atom. The maximum absolute atomic E-state index is 9.24. The minimum absolute atomic E-state index is 0.0453. The Bertz CT molecular complexity index is 428. The summed E-state index contributed by atoms with van der Waals surface area (Å²) >= 11 is 0. The molecule has 150 valence electrons. The summed E-state index contributed by atoms with van der Waals surface area (Å²) in [6.45, 7) is 23.2. The smallest absolute Gasteiger partial charge is 0.0502 e. The van der Waals surface area contributed by atoms with Gasteiger partial charge in [-0.1, -0.05) is 6.92 Å². The van der Waals surface area contributed by atoms with E-state index in [2.05, 4.69) is 63.0 Å². The van der Waals surface area contributed by atoms with E-state index in [1.54, 1.807) is 0 Å². The van der Waals surface area contributed by atoms with Crippen molar-refractivity contribution < 1.29 is 5.21 Å². The van der Waals surface area contributed by atoms with Crippen LogP contribution >= 0.6 is 0 Å². The van der Waals surface area contributed by atoms with Crippen LogP contribution in [-0.2, 0) is 0 Å². The molecule has 0 aliphatic carbocycles. The first kappa shape index (κ1) is 24.5. The summed E-state index contributed by atoms with van der Waals surface area (Å²) in [5.74, 6) is 0. The topological polar surface area (TPSA) is 92.2 Å². The highest BCUT2D eigenvalue weighted by Gasteiger charge is 2.33. The molecule has 0 spiro atoms. The maximum atomic E-state index is 9.24. The molecule has 0 fully saturated rings. The van der Waals surface area contributed by atoms with E-state index in [4.69, 9.17) is 5.41 Å². The zero-order chi connectivity index (χ0) is 20.1. The fraction of sp³-hybridized carbons (Fsp3) is 0.947. The average Bonchev–Trinajstić information content (AvgIpc) is 2.48. The minimum atomic E-state index is -0.321. The molecule has 6 heteroatoms. The van der Waals surface area contributed by atoms with E-state index in [0.717, 1.165) is 19.6 Å². The quantitative estimate of drug-likeness (QED) is 0.252. The molecular weight excluding hydrogens is 314 g/mol. The molecule has 6 nitrogen and oxygen atoms in total. The summed E-state index contributed by atoms with van der Waals surface area (Å²) in [5.41, 5.74) is 2.41. The van der Waals surface area contributed by atoms with Gasteiger partial charge in [-0.05, 0) is 62.3 Å². The van der Waals surface area contributed by atoms with Crippen molar-refractivity contribution in [3.8, 4) is 0 Å². The van der Waals surface area contributed by atoms with Crippen molar-refractivity contribution in [2.75, 3.05) is 19.6 Å². The summed E-state index contributed by atoms with van der Waals surface area (Å²) in [6.07, 6.45) is 0. The van der Waals surface area contributed by atoms with Crippen molar-refractivity contribution in [2.24, 2.45) is 5.41 Å². The molecule has 0 saturated carbocycles. The van der Waals surface area contributed by atoms with Crippen molar-refractivity contribution in [1.29, 1.82) is 5.41 Å². The third kappa shape index (κ3) is 9.11. The molecule has 0 saturated heterocycles. The van der Waals surface area contributed by atoms with Crippen molar-refractivity contribution in [3.63, 3.8) is 0 Å². The molecule has 0 aliphatic heterocycles. The fourth-order valence-corrected chi connectivity index (χ4v) is 1.99. The van der Waals surface area contributed by atoms with Gasteiger partial charge in [0.15, 0.2) is 0 Å². The van der Waals surface area contributed by atoms with E-state index in [1.807, 2.05) is 27.7 Å².